The van der Waals surface area contributed by atoms with Crippen LogP contribution in [-0.4, -0.2) is 77.7 Å². The lowest BCUT2D eigenvalue weighted by Gasteiger charge is -2.41. The molecular weight excluding hydrogens is 524 g/mol. The zero-order valence-electron chi connectivity index (χ0n) is 24.3. The minimum atomic E-state index is -0.980. The van der Waals surface area contributed by atoms with Crippen molar-refractivity contribution in [1.29, 1.82) is 0 Å². The van der Waals surface area contributed by atoms with Crippen molar-refractivity contribution >= 4 is 23.9 Å². The molecule has 0 radical (unpaired) electrons. The number of benzene rings is 2. The van der Waals surface area contributed by atoms with Gasteiger partial charge in [0.05, 0.1) is 13.2 Å². The summed E-state index contributed by atoms with van der Waals surface area (Å²) in [5, 5.41) is 0. The molecule has 0 bridgehead atoms. The third kappa shape index (κ3) is 6.94. The number of aromatic nitrogens is 1. The zero-order chi connectivity index (χ0) is 29.6. The molecule has 1 aromatic heterocycles. The van der Waals surface area contributed by atoms with E-state index in [1.54, 1.807) is 32.6 Å². The first-order valence-corrected chi connectivity index (χ1v) is 13.8. The smallest absolute Gasteiger partial charge is 0.418 e. The van der Waals surface area contributed by atoms with Gasteiger partial charge in [0.15, 0.2) is 6.39 Å². The molecular formula is C31H38N4O6. The monoisotopic (exact) mass is 562 g/mol. The van der Waals surface area contributed by atoms with E-state index >= 15 is 0 Å². The van der Waals surface area contributed by atoms with Gasteiger partial charge in [0, 0.05) is 26.2 Å². The van der Waals surface area contributed by atoms with Crippen LogP contribution in [0.4, 0.5) is 10.7 Å². The fourth-order valence-corrected chi connectivity index (χ4v) is 5.07. The van der Waals surface area contributed by atoms with Crippen LogP contribution in [0, 0.1) is 0 Å². The van der Waals surface area contributed by atoms with Gasteiger partial charge in [0.25, 0.3) is 0 Å². The molecule has 1 fully saturated rings. The Kier molecular flexibility index (Phi) is 9.44. The standard InChI is InChI=1S/C31H38N4O6/c1-6-24(35(30(38)41-31(2,3)4)28-25(29(37)39-5)32-21-40-28)27(36)34-19-17-33(18-20-34)26(22-13-9-7-10-14-22)23-15-11-8-12-16-23/h7-16,21,24,26H,6,17-20H2,1-5H3/t24-/m0/s1. The number of carbonyl (C=O) groups excluding carboxylic acids is 3. The second-order valence-corrected chi connectivity index (χ2v) is 10.9. The number of rotatable bonds is 8. The predicted molar refractivity (Wildman–Crippen MR) is 154 cm³/mol. The van der Waals surface area contributed by atoms with Gasteiger partial charge in [-0.25, -0.2) is 19.5 Å². The molecule has 0 aliphatic carbocycles. The highest BCUT2D eigenvalue weighted by Crippen LogP contribution is 2.31. The van der Waals surface area contributed by atoms with Crippen LogP contribution in [0.5, 0.6) is 0 Å². The van der Waals surface area contributed by atoms with Gasteiger partial charge >= 0.3 is 12.1 Å². The molecule has 3 aromatic rings. The maximum absolute atomic E-state index is 14.0. The molecule has 1 aliphatic rings. The maximum Gasteiger partial charge on any atom is 0.418 e. The lowest BCUT2D eigenvalue weighted by atomic mass is 9.96. The number of esters is 1. The third-order valence-corrected chi connectivity index (χ3v) is 6.94. The van der Waals surface area contributed by atoms with E-state index in [0.717, 1.165) is 11.3 Å². The Labute approximate surface area is 240 Å². The SMILES string of the molecule is CC[C@@H](C(=O)N1CCN(C(c2ccccc2)c2ccccc2)CC1)N(C(=O)OC(C)(C)C)c1ocnc1C(=O)OC. The van der Waals surface area contributed by atoms with Crippen LogP contribution in [0.15, 0.2) is 71.5 Å². The fourth-order valence-electron chi connectivity index (χ4n) is 5.07. The molecule has 0 unspecified atom stereocenters. The van der Waals surface area contributed by atoms with Crippen molar-refractivity contribution in [3.05, 3.63) is 83.9 Å². The van der Waals surface area contributed by atoms with Crippen LogP contribution in [0.25, 0.3) is 0 Å². The average Bonchev–Trinajstić information content (AvgIpc) is 3.45. The van der Waals surface area contributed by atoms with E-state index in [1.807, 2.05) is 36.4 Å². The highest BCUT2D eigenvalue weighted by Gasteiger charge is 2.41. The summed E-state index contributed by atoms with van der Waals surface area (Å²) in [5.41, 5.74) is 1.31. The number of amides is 2. The van der Waals surface area contributed by atoms with E-state index in [9.17, 15) is 14.4 Å². The molecule has 1 saturated heterocycles. The predicted octanol–water partition coefficient (Wildman–Crippen LogP) is 4.92. The van der Waals surface area contributed by atoms with Crippen LogP contribution < -0.4 is 4.90 Å². The number of oxazole rings is 1. The molecule has 0 N–H and O–H groups in total. The molecule has 10 nitrogen and oxygen atoms in total. The summed E-state index contributed by atoms with van der Waals surface area (Å²) < 4.78 is 15.9. The number of hydrogen-bond donors (Lipinski definition) is 0. The summed E-state index contributed by atoms with van der Waals surface area (Å²) in [6, 6.07) is 19.7. The van der Waals surface area contributed by atoms with E-state index < -0.39 is 23.7 Å². The Morgan fingerprint density at radius 1 is 0.951 bits per heavy atom. The second-order valence-electron chi connectivity index (χ2n) is 10.9. The molecule has 1 atom stereocenters. The average molecular weight is 563 g/mol. The van der Waals surface area contributed by atoms with Crippen molar-refractivity contribution in [2.24, 2.45) is 0 Å². The number of ether oxygens (including phenoxy) is 2. The molecule has 0 spiro atoms. The Morgan fingerprint density at radius 2 is 1.51 bits per heavy atom. The van der Waals surface area contributed by atoms with Crippen molar-refractivity contribution in [3.8, 4) is 0 Å². The van der Waals surface area contributed by atoms with Gasteiger partial charge in [-0.15, -0.1) is 0 Å². The van der Waals surface area contributed by atoms with Crippen molar-refractivity contribution in [1.82, 2.24) is 14.8 Å². The van der Waals surface area contributed by atoms with Gasteiger partial charge in [-0.2, -0.15) is 0 Å². The minimum Gasteiger partial charge on any atom is -0.464 e. The van der Waals surface area contributed by atoms with Crippen LogP contribution in [-0.2, 0) is 14.3 Å². The third-order valence-electron chi connectivity index (χ3n) is 6.94. The Hall–Kier alpha value is -4.18. The van der Waals surface area contributed by atoms with E-state index in [4.69, 9.17) is 13.9 Å². The normalized spacial score (nSPS) is 14.9. The summed E-state index contributed by atoms with van der Waals surface area (Å²) in [6.45, 7) is 9.18. The molecule has 0 saturated carbocycles. The lowest BCUT2D eigenvalue weighted by molar-refractivity contribution is -0.134. The van der Waals surface area contributed by atoms with Gasteiger partial charge < -0.3 is 18.8 Å². The topological polar surface area (TPSA) is 105 Å². The Morgan fingerprint density at radius 3 is 2.00 bits per heavy atom. The lowest BCUT2D eigenvalue weighted by Crippen LogP contribution is -2.57. The molecule has 2 aromatic carbocycles. The van der Waals surface area contributed by atoms with Gasteiger partial charge in [-0.1, -0.05) is 67.6 Å². The van der Waals surface area contributed by atoms with E-state index in [2.05, 4.69) is 34.1 Å². The number of hydrogen-bond acceptors (Lipinski definition) is 8. The van der Waals surface area contributed by atoms with Crippen molar-refractivity contribution in [3.63, 3.8) is 0 Å². The first kappa shape index (κ1) is 29.8. The number of methoxy groups -OCH3 is 1. The number of anilines is 1. The van der Waals surface area contributed by atoms with Crippen molar-refractivity contribution in [2.75, 3.05) is 38.2 Å². The minimum absolute atomic E-state index is 0.0479. The Balaban J connectivity index is 1.58. The summed E-state index contributed by atoms with van der Waals surface area (Å²) in [4.78, 5) is 49.0. The summed E-state index contributed by atoms with van der Waals surface area (Å²) in [6.07, 6.45) is 0.491. The second kappa shape index (κ2) is 13.0. The number of piperazine rings is 1. The molecule has 218 valence electrons. The van der Waals surface area contributed by atoms with Crippen molar-refractivity contribution < 1.29 is 28.3 Å². The van der Waals surface area contributed by atoms with Gasteiger partial charge in [-0.3, -0.25) is 9.69 Å². The highest BCUT2D eigenvalue weighted by molar-refractivity contribution is 6.01. The quantitative estimate of drug-likeness (QED) is 0.357. The van der Waals surface area contributed by atoms with Crippen LogP contribution in [0.3, 0.4) is 0 Å². The first-order chi connectivity index (χ1) is 19.6. The van der Waals surface area contributed by atoms with Gasteiger partial charge in [-0.05, 0) is 38.3 Å². The van der Waals surface area contributed by atoms with Gasteiger partial charge in [0.2, 0.25) is 17.5 Å². The first-order valence-electron chi connectivity index (χ1n) is 13.8. The number of nitrogens with zero attached hydrogens (tertiary/aromatic N) is 4. The Bertz CT molecular complexity index is 1270. The van der Waals surface area contributed by atoms with Crippen molar-refractivity contribution in [2.45, 2.75) is 51.8 Å². The molecule has 2 heterocycles. The van der Waals surface area contributed by atoms with Crippen LogP contribution >= 0.6 is 0 Å². The van der Waals surface area contributed by atoms with E-state index in [1.165, 1.54) is 18.2 Å². The summed E-state index contributed by atoms with van der Waals surface area (Å²) in [7, 11) is 1.21. The summed E-state index contributed by atoms with van der Waals surface area (Å²) in [5.74, 6) is -1.23. The summed E-state index contributed by atoms with van der Waals surface area (Å²) >= 11 is 0. The molecule has 2 amide bonds. The molecule has 4 rings (SSSR count). The maximum atomic E-state index is 14.0. The zero-order valence-corrected chi connectivity index (χ0v) is 24.3. The molecule has 1 aliphatic heterocycles. The van der Waals surface area contributed by atoms with Gasteiger partial charge in [0.1, 0.15) is 11.6 Å². The van der Waals surface area contributed by atoms with Crippen LogP contribution in [0.1, 0.15) is 61.8 Å². The van der Waals surface area contributed by atoms with E-state index in [0.29, 0.717) is 26.2 Å². The van der Waals surface area contributed by atoms with Crippen LogP contribution in [0.2, 0.25) is 0 Å². The largest absolute Gasteiger partial charge is 0.464 e. The number of carbonyl (C=O) groups is 3. The molecule has 10 heteroatoms. The fraction of sp³-hybridized carbons (Fsp3) is 0.419. The highest BCUT2D eigenvalue weighted by atomic mass is 16.6. The molecule has 41 heavy (non-hydrogen) atoms. The van der Waals surface area contributed by atoms with E-state index in [-0.39, 0.29) is 29.9 Å².